The van der Waals surface area contributed by atoms with Crippen molar-refractivity contribution in [1.29, 1.82) is 0 Å². The molecule has 0 unspecified atom stereocenters. The van der Waals surface area contributed by atoms with Crippen LogP contribution in [-0.4, -0.2) is 16.6 Å². The average molecular weight is 365 g/mol. The molecule has 0 atom stereocenters. The van der Waals surface area contributed by atoms with Gasteiger partial charge in [-0.25, -0.2) is 9.37 Å². The van der Waals surface area contributed by atoms with E-state index in [2.05, 4.69) is 10.3 Å². The molecule has 122 valence electrons. The summed E-state index contributed by atoms with van der Waals surface area (Å²) in [7, 11) is 0. The lowest BCUT2D eigenvalue weighted by atomic mass is 10.3. The summed E-state index contributed by atoms with van der Waals surface area (Å²) in [5.41, 5.74) is -0.934. The van der Waals surface area contributed by atoms with Gasteiger partial charge in [0.05, 0.1) is 27.1 Å². The number of nitrogens with one attached hydrogen (secondary N) is 1. The van der Waals surface area contributed by atoms with E-state index >= 15 is 0 Å². The van der Waals surface area contributed by atoms with Gasteiger partial charge in [-0.1, -0.05) is 29.4 Å². The lowest BCUT2D eigenvalue weighted by molar-refractivity contribution is -0.137. The van der Waals surface area contributed by atoms with Crippen LogP contribution in [0.1, 0.15) is 5.56 Å². The lowest BCUT2D eigenvalue weighted by Crippen LogP contribution is -2.15. The summed E-state index contributed by atoms with van der Waals surface area (Å²) in [6, 6.07) is 6.21. The molecule has 3 nitrogen and oxygen atoms in total. The van der Waals surface area contributed by atoms with Gasteiger partial charge in [-0.05, 0) is 24.3 Å². The van der Waals surface area contributed by atoms with E-state index in [1.807, 2.05) is 0 Å². The van der Waals surface area contributed by atoms with Gasteiger partial charge in [0, 0.05) is 6.20 Å². The van der Waals surface area contributed by atoms with E-state index in [1.165, 1.54) is 24.3 Å². The summed E-state index contributed by atoms with van der Waals surface area (Å²) in [4.78, 5) is 15.3. The zero-order valence-electron chi connectivity index (χ0n) is 11.3. The van der Waals surface area contributed by atoms with Crippen LogP contribution in [0.15, 0.2) is 41.6 Å². The number of rotatable bonds is 4. The molecule has 1 N–H and O–H groups in total. The Balaban J connectivity index is 1.93. The number of nitrogens with zero attached hydrogens (tertiary/aromatic N) is 1. The van der Waals surface area contributed by atoms with Gasteiger partial charge in [-0.2, -0.15) is 13.2 Å². The largest absolute Gasteiger partial charge is 0.417 e. The smallest absolute Gasteiger partial charge is 0.323 e. The molecule has 0 saturated carbocycles. The summed E-state index contributed by atoms with van der Waals surface area (Å²) < 4.78 is 50.8. The topological polar surface area (TPSA) is 42.0 Å². The van der Waals surface area contributed by atoms with Crippen LogP contribution < -0.4 is 5.32 Å². The molecule has 0 spiro atoms. The quantitative estimate of drug-likeness (QED) is 0.635. The predicted octanol–water partition coefficient (Wildman–Crippen LogP) is 4.62. The number of amides is 1. The second kappa shape index (κ2) is 7.18. The Hall–Kier alpha value is -1.80. The third-order valence-corrected chi connectivity index (χ3v) is 3.88. The molecule has 0 fully saturated rings. The van der Waals surface area contributed by atoms with Gasteiger partial charge in [-0.15, -0.1) is 0 Å². The molecular weight excluding hydrogens is 356 g/mol. The van der Waals surface area contributed by atoms with Gasteiger partial charge in [0.15, 0.2) is 5.82 Å². The molecule has 1 aromatic heterocycles. The third kappa shape index (κ3) is 4.84. The van der Waals surface area contributed by atoms with E-state index < -0.39 is 23.5 Å². The number of aromatic nitrogens is 1. The van der Waals surface area contributed by atoms with Crippen LogP contribution in [0.25, 0.3) is 0 Å². The second-order valence-corrected chi connectivity index (χ2v) is 5.72. The molecule has 23 heavy (non-hydrogen) atoms. The van der Waals surface area contributed by atoms with E-state index in [4.69, 9.17) is 11.6 Å². The predicted molar refractivity (Wildman–Crippen MR) is 80.0 cm³/mol. The highest BCUT2D eigenvalue weighted by Crippen LogP contribution is 2.29. The van der Waals surface area contributed by atoms with E-state index in [0.29, 0.717) is 6.20 Å². The number of carbonyl (C=O) groups excluding carboxylic acids is 1. The van der Waals surface area contributed by atoms with Gasteiger partial charge in [-0.3, -0.25) is 4.79 Å². The molecule has 0 saturated heterocycles. The van der Waals surface area contributed by atoms with Crippen molar-refractivity contribution in [2.45, 2.75) is 11.2 Å². The molecule has 0 bridgehead atoms. The van der Waals surface area contributed by atoms with Crippen LogP contribution in [0.4, 0.5) is 23.2 Å². The second-order valence-electron chi connectivity index (χ2n) is 4.32. The standard InChI is InChI=1S/C14H9ClF4N2OS/c15-9-2-1-3-10(13(9)16)21-11(22)7-23-12-5-4-8(6-20-12)14(17,18)19/h1-6H,7H2,(H,21,22). The highest BCUT2D eigenvalue weighted by atomic mass is 35.5. The molecule has 9 heteroatoms. The Morgan fingerprint density at radius 3 is 2.61 bits per heavy atom. The first-order valence-corrected chi connectivity index (χ1v) is 7.53. The number of anilines is 1. The molecular formula is C14H9ClF4N2OS. The van der Waals surface area contributed by atoms with Gasteiger partial charge in [0.2, 0.25) is 5.91 Å². The first-order chi connectivity index (χ1) is 10.8. The van der Waals surface area contributed by atoms with Crippen molar-refractivity contribution in [3.05, 3.63) is 52.9 Å². The van der Waals surface area contributed by atoms with E-state index in [1.54, 1.807) is 0 Å². The van der Waals surface area contributed by atoms with E-state index in [0.717, 1.165) is 17.8 Å². The zero-order valence-corrected chi connectivity index (χ0v) is 12.9. The Kier molecular flexibility index (Phi) is 5.48. The van der Waals surface area contributed by atoms with Gasteiger partial charge in [0.1, 0.15) is 0 Å². The molecule has 0 radical (unpaired) electrons. The van der Waals surface area contributed by atoms with Crippen molar-refractivity contribution in [2.24, 2.45) is 0 Å². The van der Waals surface area contributed by atoms with Crippen molar-refractivity contribution in [3.63, 3.8) is 0 Å². The average Bonchev–Trinajstić information content (AvgIpc) is 2.49. The number of hydrogen-bond donors (Lipinski definition) is 1. The van der Waals surface area contributed by atoms with Gasteiger partial charge >= 0.3 is 6.18 Å². The first-order valence-electron chi connectivity index (χ1n) is 6.17. The molecule has 1 heterocycles. The number of hydrogen-bond acceptors (Lipinski definition) is 3. The third-order valence-electron chi connectivity index (χ3n) is 2.64. The Morgan fingerprint density at radius 1 is 1.26 bits per heavy atom. The van der Waals surface area contributed by atoms with Crippen molar-refractivity contribution < 1.29 is 22.4 Å². The number of carbonyl (C=O) groups is 1. The van der Waals surface area contributed by atoms with Crippen molar-refractivity contribution in [2.75, 3.05) is 11.1 Å². The number of halogens is 5. The van der Waals surface area contributed by atoms with Crippen LogP contribution in [0.3, 0.4) is 0 Å². The number of pyridine rings is 1. The summed E-state index contributed by atoms with van der Waals surface area (Å²) in [5.74, 6) is -1.41. The summed E-state index contributed by atoms with van der Waals surface area (Å²) in [5, 5.41) is 2.45. The van der Waals surface area contributed by atoms with Crippen molar-refractivity contribution in [1.82, 2.24) is 4.98 Å². The van der Waals surface area contributed by atoms with Crippen LogP contribution >= 0.6 is 23.4 Å². The number of alkyl halides is 3. The normalized spacial score (nSPS) is 11.3. The monoisotopic (exact) mass is 364 g/mol. The number of benzene rings is 1. The van der Waals surface area contributed by atoms with Crippen molar-refractivity contribution >= 4 is 35.0 Å². The zero-order chi connectivity index (χ0) is 17.0. The van der Waals surface area contributed by atoms with E-state index in [9.17, 15) is 22.4 Å². The fraction of sp³-hybridized carbons (Fsp3) is 0.143. The highest BCUT2D eigenvalue weighted by molar-refractivity contribution is 7.99. The summed E-state index contributed by atoms with van der Waals surface area (Å²) >= 11 is 6.52. The summed E-state index contributed by atoms with van der Waals surface area (Å²) in [6.07, 6.45) is -3.77. The maximum Gasteiger partial charge on any atom is 0.417 e. The molecule has 0 aliphatic heterocycles. The maximum atomic E-state index is 13.6. The van der Waals surface area contributed by atoms with Crippen LogP contribution in [-0.2, 0) is 11.0 Å². The maximum absolute atomic E-state index is 13.6. The van der Waals surface area contributed by atoms with Gasteiger partial charge < -0.3 is 5.32 Å². The SMILES string of the molecule is O=C(CSc1ccc(C(F)(F)F)cn1)Nc1cccc(Cl)c1F. The molecule has 2 aromatic rings. The number of thioether (sulfide) groups is 1. The Labute approximate surface area is 138 Å². The minimum atomic E-state index is -4.46. The highest BCUT2D eigenvalue weighted by Gasteiger charge is 2.30. The van der Waals surface area contributed by atoms with Crippen LogP contribution in [0.5, 0.6) is 0 Å². The van der Waals surface area contributed by atoms with Crippen LogP contribution in [0.2, 0.25) is 5.02 Å². The summed E-state index contributed by atoms with van der Waals surface area (Å²) in [6.45, 7) is 0. The Bertz CT molecular complexity index is 707. The van der Waals surface area contributed by atoms with E-state index in [-0.39, 0.29) is 21.5 Å². The lowest BCUT2D eigenvalue weighted by Gasteiger charge is -2.08. The fourth-order valence-corrected chi connectivity index (χ4v) is 2.38. The molecule has 1 amide bonds. The fourth-order valence-electron chi connectivity index (χ4n) is 1.56. The molecule has 0 aliphatic rings. The first kappa shape index (κ1) is 17.6. The minimum absolute atomic E-state index is 0.0662. The van der Waals surface area contributed by atoms with Crippen LogP contribution in [0, 0.1) is 5.82 Å². The van der Waals surface area contributed by atoms with Gasteiger partial charge in [0.25, 0.3) is 0 Å². The Morgan fingerprint density at radius 2 is 2.00 bits per heavy atom. The minimum Gasteiger partial charge on any atom is -0.323 e. The molecule has 0 aliphatic carbocycles. The van der Waals surface area contributed by atoms with Crippen molar-refractivity contribution in [3.8, 4) is 0 Å². The molecule has 1 aromatic carbocycles. The molecule has 2 rings (SSSR count).